The van der Waals surface area contributed by atoms with Gasteiger partial charge >= 0.3 is 0 Å². The van der Waals surface area contributed by atoms with Gasteiger partial charge in [0.05, 0.1) is 17.6 Å². The van der Waals surface area contributed by atoms with Crippen LogP contribution in [0.25, 0.3) is 0 Å². The van der Waals surface area contributed by atoms with Crippen LogP contribution >= 0.6 is 0 Å². The summed E-state index contributed by atoms with van der Waals surface area (Å²) in [5.74, 6) is -0.304. The number of carbonyl (C=O) groups excluding carboxylic acids is 1. The van der Waals surface area contributed by atoms with Gasteiger partial charge in [-0.25, -0.2) is 8.42 Å². The molecule has 1 aliphatic heterocycles. The van der Waals surface area contributed by atoms with Crippen LogP contribution in [-0.4, -0.2) is 62.4 Å². The summed E-state index contributed by atoms with van der Waals surface area (Å²) in [6.07, 6.45) is 0.242. The van der Waals surface area contributed by atoms with Crippen LogP contribution in [0.5, 0.6) is 0 Å². The zero-order valence-corrected chi connectivity index (χ0v) is 20.1. The highest BCUT2D eigenvalue weighted by molar-refractivity contribution is 7.89. The number of sulfonamides is 1. The van der Waals surface area contributed by atoms with Gasteiger partial charge in [0.25, 0.3) is 5.91 Å². The van der Waals surface area contributed by atoms with E-state index in [4.69, 9.17) is 4.74 Å². The van der Waals surface area contributed by atoms with E-state index >= 15 is 0 Å². The Morgan fingerprint density at radius 3 is 2.62 bits per heavy atom. The highest BCUT2D eigenvalue weighted by atomic mass is 32.2. The summed E-state index contributed by atoms with van der Waals surface area (Å²) >= 11 is 0. The van der Waals surface area contributed by atoms with Gasteiger partial charge in [-0.15, -0.1) is 0 Å². The van der Waals surface area contributed by atoms with Gasteiger partial charge in [0.2, 0.25) is 10.0 Å². The van der Waals surface area contributed by atoms with Crippen molar-refractivity contribution in [3.8, 4) is 0 Å². The summed E-state index contributed by atoms with van der Waals surface area (Å²) in [6.45, 7) is 9.48. The van der Waals surface area contributed by atoms with Crippen molar-refractivity contribution in [3.05, 3.63) is 65.2 Å². The van der Waals surface area contributed by atoms with Gasteiger partial charge < -0.3 is 10.1 Å². The molecular formula is C24H33N3O4S. The molecule has 8 heteroatoms. The third kappa shape index (κ3) is 6.16. The molecule has 3 rings (SSSR count). The van der Waals surface area contributed by atoms with E-state index < -0.39 is 10.0 Å². The van der Waals surface area contributed by atoms with E-state index in [0.717, 1.165) is 31.8 Å². The van der Waals surface area contributed by atoms with Crippen LogP contribution < -0.4 is 5.32 Å². The molecule has 1 N–H and O–H groups in total. The number of hydrogen-bond donors (Lipinski definition) is 1. The largest absolute Gasteiger partial charge is 0.376 e. The molecule has 0 aliphatic carbocycles. The maximum Gasteiger partial charge on any atom is 0.251 e. The third-order valence-corrected chi connectivity index (χ3v) is 7.71. The van der Waals surface area contributed by atoms with E-state index in [-0.39, 0.29) is 22.9 Å². The van der Waals surface area contributed by atoms with Crippen molar-refractivity contribution in [2.24, 2.45) is 0 Å². The number of benzene rings is 2. The average Bonchev–Trinajstić information content (AvgIpc) is 2.77. The predicted octanol–water partition coefficient (Wildman–Crippen LogP) is 2.87. The normalized spacial score (nSPS) is 17.6. The molecule has 2 aromatic carbocycles. The first-order valence-corrected chi connectivity index (χ1v) is 12.4. The van der Waals surface area contributed by atoms with E-state index in [1.165, 1.54) is 29.0 Å². The smallest absolute Gasteiger partial charge is 0.251 e. The van der Waals surface area contributed by atoms with Crippen LogP contribution in [-0.2, 0) is 27.8 Å². The van der Waals surface area contributed by atoms with E-state index in [1.54, 1.807) is 12.1 Å². The molecule has 0 saturated carbocycles. The minimum atomic E-state index is -3.65. The van der Waals surface area contributed by atoms with Gasteiger partial charge in [-0.2, -0.15) is 4.31 Å². The molecule has 32 heavy (non-hydrogen) atoms. The van der Waals surface area contributed by atoms with Crippen molar-refractivity contribution in [2.45, 2.75) is 50.9 Å². The number of rotatable bonds is 8. The van der Waals surface area contributed by atoms with E-state index in [2.05, 4.69) is 29.3 Å². The molecular weight excluding hydrogens is 426 g/mol. The predicted molar refractivity (Wildman–Crippen MR) is 125 cm³/mol. The van der Waals surface area contributed by atoms with Crippen LogP contribution in [0.3, 0.4) is 0 Å². The summed E-state index contributed by atoms with van der Waals surface area (Å²) in [5, 5.41) is 2.90. The maximum atomic E-state index is 12.7. The van der Waals surface area contributed by atoms with E-state index in [1.807, 2.05) is 26.0 Å². The summed E-state index contributed by atoms with van der Waals surface area (Å²) in [4.78, 5) is 15.2. The highest BCUT2D eigenvalue weighted by Gasteiger charge is 2.24. The summed E-state index contributed by atoms with van der Waals surface area (Å²) in [5.41, 5.74) is 2.51. The number of ether oxygens (including phenoxy) is 1. The minimum Gasteiger partial charge on any atom is -0.376 e. The van der Waals surface area contributed by atoms with Crippen molar-refractivity contribution >= 4 is 15.9 Å². The molecule has 1 heterocycles. The van der Waals surface area contributed by atoms with Gasteiger partial charge in [0.1, 0.15) is 0 Å². The summed E-state index contributed by atoms with van der Waals surface area (Å²) in [7, 11) is -2.11. The van der Waals surface area contributed by atoms with Crippen LogP contribution in [0.2, 0.25) is 0 Å². The second kappa shape index (κ2) is 10.6. The van der Waals surface area contributed by atoms with Crippen LogP contribution in [0.15, 0.2) is 53.4 Å². The lowest BCUT2D eigenvalue weighted by Crippen LogP contribution is -2.40. The van der Waals surface area contributed by atoms with Crippen molar-refractivity contribution in [2.75, 3.05) is 26.7 Å². The second-order valence-corrected chi connectivity index (χ2v) is 10.6. The van der Waals surface area contributed by atoms with Gasteiger partial charge in [0.15, 0.2) is 0 Å². The second-order valence-electron chi connectivity index (χ2n) is 8.56. The molecule has 2 aromatic rings. The topological polar surface area (TPSA) is 79.0 Å². The third-order valence-electron chi connectivity index (χ3n) is 5.68. The van der Waals surface area contributed by atoms with Crippen LogP contribution in [0.4, 0.5) is 0 Å². The molecule has 1 atom stereocenters. The zero-order valence-electron chi connectivity index (χ0n) is 19.2. The van der Waals surface area contributed by atoms with Crippen molar-refractivity contribution in [1.82, 2.24) is 14.5 Å². The number of hydrogen-bond acceptors (Lipinski definition) is 5. The molecule has 1 aliphatic rings. The lowest BCUT2D eigenvalue weighted by Gasteiger charge is -2.31. The zero-order chi connectivity index (χ0) is 23.3. The molecule has 174 valence electrons. The Balaban J connectivity index is 1.64. The number of morpholine rings is 1. The van der Waals surface area contributed by atoms with E-state index in [9.17, 15) is 13.2 Å². The fraction of sp³-hybridized carbons (Fsp3) is 0.458. The Kier molecular flexibility index (Phi) is 8.05. The maximum absolute atomic E-state index is 12.7. The van der Waals surface area contributed by atoms with E-state index in [0.29, 0.717) is 12.1 Å². The first-order chi connectivity index (χ1) is 15.2. The molecule has 0 radical (unpaired) electrons. The monoisotopic (exact) mass is 459 g/mol. The van der Waals surface area contributed by atoms with Gasteiger partial charge in [-0.1, -0.05) is 30.3 Å². The Labute approximate surface area is 191 Å². The Hall–Kier alpha value is -2.26. The lowest BCUT2D eigenvalue weighted by atomic mass is 10.1. The van der Waals surface area contributed by atoms with Crippen molar-refractivity contribution < 1.29 is 17.9 Å². The van der Waals surface area contributed by atoms with Crippen molar-refractivity contribution in [3.63, 3.8) is 0 Å². The number of nitrogens with one attached hydrogen (secondary N) is 1. The van der Waals surface area contributed by atoms with Gasteiger partial charge in [-0.05, 0) is 50.1 Å². The molecule has 0 bridgehead atoms. The SMILES string of the molecule is CC1CN(Cc2cccc(CNC(=O)c3cccc(S(=O)(=O)N(C)C(C)C)c3)c2)CCO1. The number of nitrogens with zero attached hydrogens (tertiary/aromatic N) is 2. The number of amides is 1. The van der Waals surface area contributed by atoms with Gasteiger partial charge in [0, 0.05) is 44.8 Å². The Morgan fingerprint density at radius 2 is 1.91 bits per heavy atom. The molecule has 0 aromatic heterocycles. The highest BCUT2D eigenvalue weighted by Crippen LogP contribution is 2.18. The van der Waals surface area contributed by atoms with Crippen LogP contribution in [0, 0.1) is 0 Å². The average molecular weight is 460 g/mol. The molecule has 1 unspecified atom stereocenters. The molecule has 1 amide bonds. The van der Waals surface area contributed by atoms with Crippen molar-refractivity contribution in [1.29, 1.82) is 0 Å². The fourth-order valence-electron chi connectivity index (χ4n) is 3.66. The van der Waals surface area contributed by atoms with Gasteiger partial charge in [-0.3, -0.25) is 9.69 Å². The fourth-order valence-corrected chi connectivity index (χ4v) is 5.07. The molecule has 7 nitrogen and oxygen atoms in total. The quantitative estimate of drug-likeness (QED) is 0.657. The minimum absolute atomic E-state index is 0.114. The first-order valence-electron chi connectivity index (χ1n) is 10.9. The number of carbonyl (C=O) groups is 1. The Bertz CT molecular complexity index is 1040. The molecule has 1 saturated heterocycles. The van der Waals surface area contributed by atoms with Crippen LogP contribution in [0.1, 0.15) is 42.3 Å². The molecule has 0 spiro atoms. The summed E-state index contributed by atoms with van der Waals surface area (Å²) in [6, 6.07) is 14.1. The standard InChI is InChI=1S/C24H33N3O4S/c1-18(2)26(4)32(29,30)23-10-6-9-22(14-23)24(28)25-15-20-7-5-8-21(13-20)17-27-11-12-31-19(3)16-27/h5-10,13-14,18-19H,11-12,15-17H2,1-4H3,(H,25,28). The Morgan fingerprint density at radius 1 is 1.19 bits per heavy atom. The molecule has 1 fully saturated rings. The summed E-state index contributed by atoms with van der Waals surface area (Å²) < 4.78 is 32.4. The lowest BCUT2D eigenvalue weighted by molar-refractivity contribution is -0.0212. The first kappa shape index (κ1) is 24.4.